The van der Waals surface area contributed by atoms with Crippen LogP contribution in [0.5, 0.6) is 0 Å². The van der Waals surface area contributed by atoms with Crippen LogP contribution >= 0.6 is 0 Å². The van der Waals surface area contributed by atoms with Gasteiger partial charge in [-0.1, -0.05) is 23.8 Å². The van der Waals surface area contributed by atoms with Crippen LogP contribution in [-0.2, 0) is 6.54 Å². The first-order chi connectivity index (χ1) is 11.1. The van der Waals surface area contributed by atoms with Crippen LogP contribution in [0.15, 0.2) is 29.8 Å². The van der Waals surface area contributed by atoms with E-state index in [1.54, 1.807) is 0 Å². The molecule has 3 N–H and O–H groups in total. The van der Waals surface area contributed by atoms with Crippen LogP contribution in [-0.4, -0.2) is 22.6 Å². The summed E-state index contributed by atoms with van der Waals surface area (Å²) >= 11 is 0. The number of aryl methyl sites for hydroxylation is 1. The van der Waals surface area contributed by atoms with Gasteiger partial charge in [-0.05, 0) is 57.2 Å². The zero-order valence-electron chi connectivity index (χ0n) is 13.6. The van der Waals surface area contributed by atoms with Crippen molar-refractivity contribution in [3.8, 4) is 0 Å². The highest BCUT2D eigenvalue weighted by Crippen LogP contribution is 2.24. The number of carboxylic acids is 1. The summed E-state index contributed by atoms with van der Waals surface area (Å²) < 4.78 is 0. The summed E-state index contributed by atoms with van der Waals surface area (Å²) in [6.45, 7) is 3.48. The SMILES string of the molecule is Cc1ccc2c(CNCCC3=CCCCC3)c(C(=O)O)[nH]c2c1. The first-order valence-corrected chi connectivity index (χ1v) is 8.38. The molecule has 1 aliphatic carbocycles. The van der Waals surface area contributed by atoms with Crippen LogP contribution in [0.4, 0.5) is 0 Å². The van der Waals surface area contributed by atoms with E-state index in [-0.39, 0.29) is 0 Å². The molecule has 3 rings (SSSR count). The molecule has 1 aromatic carbocycles. The number of benzene rings is 1. The maximum absolute atomic E-state index is 11.5. The summed E-state index contributed by atoms with van der Waals surface area (Å²) in [6.07, 6.45) is 8.46. The number of rotatable bonds is 6. The molecule has 0 saturated carbocycles. The van der Waals surface area contributed by atoms with Crippen molar-refractivity contribution in [2.45, 2.75) is 45.6 Å². The quantitative estimate of drug-likeness (QED) is 0.554. The maximum Gasteiger partial charge on any atom is 0.352 e. The van der Waals surface area contributed by atoms with Crippen LogP contribution in [0.3, 0.4) is 0 Å². The highest BCUT2D eigenvalue weighted by Gasteiger charge is 2.16. The topological polar surface area (TPSA) is 65.1 Å². The van der Waals surface area contributed by atoms with E-state index in [1.165, 1.54) is 31.3 Å². The molecule has 0 amide bonds. The van der Waals surface area contributed by atoms with Gasteiger partial charge in [0.15, 0.2) is 0 Å². The Morgan fingerprint density at radius 2 is 2.22 bits per heavy atom. The zero-order chi connectivity index (χ0) is 16.2. The number of carbonyl (C=O) groups is 1. The second-order valence-electron chi connectivity index (χ2n) is 6.37. The van der Waals surface area contributed by atoms with E-state index < -0.39 is 5.97 Å². The number of hydrogen-bond acceptors (Lipinski definition) is 2. The number of hydrogen-bond donors (Lipinski definition) is 3. The molecule has 23 heavy (non-hydrogen) atoms. The Bertz CT molecular complexity index is 743. The number of allylic oxidation sites excluding steroid dienone is 1. The van der Waals surface area contributed by atoms with Gasteiger partial charge in [-0.25, -0.2) is 4.79 Å². The lowest BCUT2D eigenvalue weighted by Gasteiger charge is -2.13. The summed E-state index contributed by atoms with van der Waals surface area (Å²) in [4.78, 5) is 14.5. The monoisotopic (exact) mass is 312 g/mol. The molecule has 4 heteroatoms. The summed E-state index contributed by atoms with van der Waals surface area (Å²) in [6, 6.07) is 6.03. The van der Waals surface area contributed by atoms with Gasteiger partial charge >= 0.3 is 5.97 Å². The summed E-state index contributed by atoms with van der Waals surface area (Å²) in [7, 11) is 0. The van der Waals surface area contributed by atoms with Crippen LogP contribution in [0.2, 0.25) is 0 Å². The smallest absolute Gasteiger partial charge is 0.352 e. The number of aromatic nitrogens is 1. The van der Waals surface area contributed by atoms with E-state index >= 15 is 0 Å². The van der Waals surface area contributed by atoms with Crippen LogP contribution in [0, 0.1) is 6.92 Å². The van der Waals surface area contributed by atoms with Crippen molar-refractivity contribution in [2.75, 3.05) is 6.54 Å². The minimum absolute atomic E-state index is 0.301. The van der Waals surface area contributed by atoms with Crippen molar-refractivity contribution in [3.05, 3.63) is 46.7 Å². The van der Waals surface area contributed by atoms with E-state index in [2.05, 4.69) is 16.4 Å². The fourth-order valence-electron chi connectivity index (χ4n) is 3.33. The second-order valence-corrected chi connectivity index (χ2v) is 6.37. The lowest BCUT2D eigenvalue weighted by Crippen LogP contribution is -2.17. The third-order valence-electron chi connectivity index (χ3n) is 4.59. The third-order valence-corrected chi connectivity index (χ3v) is 4.59. The largest absolute Gasteiger partial charge is 0.477 e. The van der Waals surface area contributed by atoms with Crippen LogP contribution in [0.1, 0.15) is 53.7 Å². The molecule has 0 atom stereocenters. The maximum atomic E-state index is 11.5. The molecule has 1 heterocycles. The molecule has 0 bridgehead atoms. The van der Waals surface area contributed by atoms with Crippen molar-refractivity contribution in [1.29, 1.82) is 0 Å². The standard InChI is InChI=1S/C19H24N2O2/c1-13-7-8-15-16(18(19(22)23)21-17(15)11-13)12-20-10-9-14-5-3-2-4-6-14/h5,7-8,11,20-21H,2-4,6,9-10,12H2,1H3,(H,22,23). The Hall–Kier alpha value is -2.07. The Labute approximate surface area is 136 Å². The van der Waals surface area contributed by atoms with Gasteiger partial charge in [-0.3, -0.25) is 0 Å². The van der Waals surface area contributed by atoms with Gasteiger partial charge in [0, 0.05) is 23.0 Å². The van der Waals surface area contributed by atoms with Crippen molar-refractivity contribution in [3.63, 3.8) is 0 Å². The van der Waals surface area contributed by atoms with Gasteiger partial charge in [0.05, 0.1) is 0 Å². The number of carboxylic acid groups (broad SMARTS) is 1. The molecular weight excluding hydrogens is 288 g/mol. The van der Waals surface area contributed by atoms with Gasteiger partial charge in [-0.2, -0.15) is 0 Å². The highest BCUT2D eigenvalue weighted by atomic mass is 16.4. The van der Waals surface area contributed by atoms with Gasteiger partial charge in [-0.15, -0.1) is 0 Å². The number of aromatic carboxylic acids is 1. The summed E-state index contributed by atoms with van der Waals surface area (Å²) in [5.74, 6) is -0.898. The Kier molecular flexibility index (Phi) is 4.82. The van der Waals surface area contributed by atoms with Crippen molar-refractivity contribution < 1.29 is 9.90 Å². The first-order valence-electron chi connectivity index (χ1n) is 8.38. The van der Waals surface area contributed by atoms with Crippen LogP contribution in [0.25, 0.3) is 10.9 Å². The lowest BCUT2D eigenvalue weighted by molar-refractivity contribution is 0.0690. The molecule has 2 aromatic rings. The molecule has 122 valence electrons. The minimum atomic E-state index is -0.898. The lowest BCUT2D eigenvalue weighted by atomic mass is 9.97. The van der Waals surface area contributed by atoms with E-state index in [9.17, 15) is 9.90 Å². The van der Waals surface area contributed by atoms with Gasteiger partial charge in [0.2, 0.25) is 0 Å². The average molecular weight is 312 g/mol. The van der Waals surface area contributed by atoms with E-state index in [1.807, 2.05) is 25.1 Å². The molecule has 1 aliphatic rings. The van der Waals surface area contributed by atoms with Gasteiger partial charge in [0.1, 0.15) is 5.69 Å². The number of aromatic amines is 1. The Morgan fingerprint density at radius 1 is 1.35 bits per heavy atom. The minimum Gasteiger partial charge on any atom is -0.477 e. The Morgan fingerprint density at radius 3 is 2.96 bits per heavy atom. The molecule has 0 unspecified atom stereocenters. The van der Waals surface area contributed by atoms with Crippen LogP contribution < -0.4 is 5.32 Å². The van der Waals surface area contributed by atoms with E-state index in [0.717, 1.165) is 35.0 Å². The van der Waals surface area contributed by atoms with Crippen molar-refractivity contribution >= 4 is 16.9 Å². The van der Waals surface area contributed by atoms with Gasteiger partial charge in [0.25, 0.3) is 0 Å². The predicted octanol–water partition coefficient (Wildman–Crippen LogP) is 4.15. The molecule has 0 fully saturated rings. The Balaban J connectivity index is 1.70. The van der Waals surface area contributed by atoms with Gasteiger partial charge < -0.3 is 15.4 Å². The molecule has 0 spiro atoms. The van der Waals surface area contributed by atoms with Crippen molar-refractivity contribution in [2.24, 2.45) is 0 Å². The highest BCUT2D eigenvalue weighted by molar-refractivity contribution is 5.97. The third kappa shape index (κ3) is 3.64. The summed E-state index contributed by atoms with van der Waals surface area (Å²) in [5, 5.41) is 13.8. The number of H-pyrrole nitrogens is 1. The molecule has 4 nitrogen and oxygen atoms in total. The fourth-order valence-corrected chi connectivity index (χ4v) is 3.33. The second kappa shape index (κ2) is 7.01. The molecular formula is C19H24N2O2. The average Bonchev–Trinajstić information content (AvgIpc) is 2.90. The predicted molar refractivity (Wildman–Crippen MR) is 92.9 cm³/mol. The van der Waals surface area contributed by atoms with E-state index in [0.29, 0.717) is 12.2 Å². The molecule has 0 saturated heterocycles. The van der Waals surface area contributed by atoms with Crippen molar-refractivity contribution in [1.82, 2.24) is 10.3 Å². The molecule has 0 aliphatic heterocycles. The number of nitrogens with one attached hydrogen (secondary N) is 2. The fraction of sp³-hybridized carbons (Fsp3) is 0.421. The molecule has 0 radical (unpaired) electrons. The van der Waals surface area contributed by atoms with E-state index in [4.69, 9.17) is 0 Å². The first kappa shape index (κ1) is 15.8. The zero-order valence-corrected chi connectivity index (χ0v) is 13.6. The number of fused-ring (bicyclic) bond motifs is 1. The summed E-state index contributed by atoms with van der Waals surface area (Å²) in [5.41, 5.74) is 4.71. The molecule has 1 aromatic heterocycles. The normalized spacial score (nSPS) is 14.9.